The van der Waals surface area contributed by atoms with E-state index in [4.69, 9.17) is 10.0 Å². The molecule has 5 heteroatoms. The van der Waals surface area contributed by atoms with Gasteiger partial charge >= 0.3 is 7.12 Å². The predicted molar refractivity (Wildman–Crippen MR) is 45.9 cm³/mol. The van der Waals surface area contributed by atoms with E-state index < -0.39 is 7.12 Å². The highest BCUT2D eigenvalue weighted by molar-refractivity contribution is 6.56. The van der Waals surface area contributed by atoms with Crippen molar-refractivity contribution in [3.05, 3.63) is 24.3 Å². The molecule has 0 saturated heterocycles. The van der Waals surface area contributed by atoms with Gasteiger partial charge in [-0.3, -0.25) is 0 Å². The number of nitrogens with zero attached hydrogens (tertiary/aromatic N) is 1. The summed E-state index contributed by atoms with van der Waals surface area (Å²) in [6.07, 6.45) is 0. The van der Waals surface area contributed by atoms with Crippen LogP contribution in [0.1, 0.15) is 0 Å². The summed E-state index contributed by atoms with van der Waals surface area (Å²) in [5.41, 5.74) is 1.72. The van der Waals surface area contributed by atoms with E-state index in [1.54, 1.807) is 6.07 Å². The number of aromatic amines is 1. The predicted octanol–water partition coefficient (Wildman–Crippen LogP) is -0.757. The van der Waals surface area contributed by atoms with Gasteiger partial charge < -0.3 is 15.0 Å². The zero-order chi connectivity index (χ0) is 8.55. The van der Waals surface area contributed by atoms with Gasteiger partial charge in [0.1, 0.15) is 5.72 Å². The lowest BCUT2D eigenvalue weighted by molar-refractivity contribution is 0.423. The second kappa shape index (κ2) is 2.62. The Kier molecular flexibility index (Phi) is 1.60. The van der Waals surface area contributed by atoms with Crippen LogP contribution in [0, 0.1) is 0 Å². The lowest BCUT2D eigenvalue weighted by Gasteiger charge is -1.87. The van der Waals surface area contributed by atoms with Crippen LogP contribution in [0.4, 0.5) is 0 Å². The molecule has 2 rings (SSSR count). The fourth-order valence-corrected chi connectivity index (χ4v) is 1.09. The quantitative estimate of drug-likeness (QED) is 0.483. The summed E-state index contributed by atoms with van der Waals surface area (Å²) in [5, 5.41) is 17.6. The van der Waals surface area contributed by atoms with Crippen LogP contribution in [-0.2, 0) is 0 Å². The minimum absolute atomic E-state index is 0.177. The van der Waals surface area contributed by atoms with Crippen molar-refractivity contribution in [3.8, 4) is 0 Å². The van der Waals surface area contributed by atoms with E-state index >= 15 is 0 Å². The van der Waals surface area contributed by atoms with Gasteiger partial charge in [0.05, 0.1) is 11.0 Å². The molecule has 0 aliphatic heterocycles. The molecule has 0 saturated carbocycles. The van der Waals surface area contributed by atoms with E-state index in [0.717, 1.165) is 11.0 Å². The summed E-state index contributed by atoms with van der Waals surface area (Å²) >= 11 is 0. The van der Waals surface area contributed by atoms with Crippen molar-refractivity contribution in [2.45, 2.75) is 0 Å². The number of benzene rings is 1. The standard InChI is InChI=1S/C7H7BN2O2/c11-8(12)7-9-5-3-1-2-4-6(5)10-7/h1-4,11-12H,(H,9,10). The maximum absolute atomic E-state index is 8.79. The lowest BCUT2D eigenvalue weighted by atomic mass is 9.91. The number of aromatic nitrogens is 2. The Morgan fingerprint density at radius 3 is 2.67 bits per heavy atom. The minimum Gasteiger partial charge on any atom is -0.421 e. The number of H-pyrrole nitrogens is 1. The average molecular weight is 162 g/mol. The third-order valence-corrected chi connectivity index (χ3v) is 1.65. The molecule has 1 heterocycles. The van der Waals surface area contributed by atoms with Gasteiger partial charge in [-0.15, -0.1) is 0 Å². The first kappa shape index (κ1) is 7.33. The van der Waals surface area contributed by atoms with Crippen LogP contribution in [0.15, 0.2) is 24.3 Å². The first-order chi connectivity index (χ1) is 5.77. The lowest BCUT2D eigenvalue weighted by Crippen LogP contribution is -2.33. The zero-order valence-electron chi connectivity index (χ0n) is 6.23. The monoisotopic (exact) mass is 162 g/mol. The number of nitrogens with one attached hydrogen (secondary N) is 1. The summed E-state index contributed by atoms with van der Waals surface area (Å²) in [5.74, 6) is 0. The molecule has 0 unspecified atom stereocenters. The molecule has 0 radical (unpaired) electrons. The molecule has 0 bridgehead atoms. The molecular weight excluding hydrogens is 155 g/mol. The number of hydrogen-bond acceptors (Lipinski definition) is 3. The second-order valence-electron chi connectivity index (χ2n) is 2.51. The van der Waals surface area contributed by atoms with Crippen molar-refractivity contribution in [3.63, 3.8) is 0 Å². The van der Waals surface area contributed by atoms with Crippen molar-refractivity contribution >= 4 is 23.9 Å². The molecule has 12 heavy (non-hydrogen) atoms. The highest BCUT2D eigenvalue weighted by atomic mass is 16.4. The summed E-state index contributed by atoms with van der Waals surface area (Å²) in [4.78, 5) is 6.74. The third-order valence-electron chi connectivity index (χ3n) is 1.65. The molecular formula is C7H7BN2O2. The van der Waals surface area contributed by atoms with Crippen LogP contribution in [0.5, 0.6) is 0 Å². The summed E-state index contributed by atoms with van der Waals surface area (Å²) in [7, 11) is -1.53. The minimum atomic E-state index is -1.53. The van der Waals surface area contributed by atoms with E-state index in [9.17, 15) is 0 Å². The molecule has 1 aromatic heterocycles. The molecule has 0 aliphatic carbocycles. The molecule has 0 atom stereocenters. The number of imidazole rings is 1. The van der Waals surface area contributed by atoms with Crippen LogP contribution < -0.4 is 5.72 Å². The number of fused-ring (bicyclic) bond motifs is 1. The Morgan fingerprint density at radius 2 is 2.00 bits per heavy atom. The summed E-state index contributed by atoms with van der Waals surface area (Å²) < 4.78 is 0. The molecule has 60 valence electrons. The maximum atomic E-state index is 8.79. The topological polar surface area (TPSA) is 69.1 Å². The zero-order valence-corrected chi connectivity index (χ0v) is 6.23. The van der Waals surface area contributed by atoms with Crippen LogP contribution in [-0.4, -0.2) is 27.1 Å². The van der Waals surface area contributed by atoms with Gasteiger partial charge in [0.25, 0.3) is 0 Å². The van der Waals surface area contributed by atoms with Crippen LogP contribution in [0.25, 0.3) is 11.0 Å². The summed E-state index contributed by atoms with van der Waals surface area (Å²) in [6.45, 7) is 0. The molecule has 1 aromatic carbocycles. The molecule has 0 spiro atoms. The summed E-state index contributed by atoms with van der Waals surface area (Å²) in [6, 6.07) is 7.33. The van der Waals surface area contributed by atoms with E-state index in [1.165, 1.54) is 0 Å². The van der Waals surface area contributed by atoms with E-state index in [-0.39, 0.29) is 5.72 Å². The Balaban J connectivity index is 2.62. The normalized spacial score (nSPS) is 10.5. The molecule has 0 amide bonds. The smallest absolute Gasteiger partial charge is 0.421 e. The Morgan fingerprint density at radius 1 is 1.25 bits per heavy atom. The van der Waals surface area contributed by atoms with Gasteiger partial charge in [0.2, 0.25) is 0 Å². The van der Waals surface area contributed by atoms with Gasteiger partial charge in [0.15, 0.2) is 0 Å². The highest BCUT2D eigenvalue weighted by Crippen LogP contribution is 2.05. The fraction of sp³-hybridized carbons (Fsp3) is 0. The van der Waals surface area contributed by atoms with Gasteiger partial charge in [-0.05, 0) is 12.1 Å². The van der Waals surface area contributed by atoms with Crippen molar-refractivity contribution in [2.75, 3.05) is 0 Å². The van der Waals surface area contributed by atoms with Gasteiger partial charge in [-0.1, -0.05) is 12.1 Å². The van der Waals surface area contributed by atoms with Crippen molar-refractivity contribution in [1.82, 2.24) is 9.97 Å². The van der Waals surface area contributed by atoms with Crippen LogP contribution in [0.2, 0.25) is 0 Å². The first-order valence-electron chi connectivity index (χ1n) is 3.58. The molecule has 2 aromatic rings. The van der Waals surface area contributed by atoms with Crippen molar-refractivity contribution < 1.29 is 10.0 Å². The van der Waals surface area contributed by atoms with E-state index in [0.29, 0.717) is 0 Å². The Labute approximate surface area is 69.0 Å². The van der Waals surface area contributed by atoms with E-state index in [1.807, 2.05) is 18.2 Å². The third kappa shape index (κ3) is 1.09. The maximum Gasteiger partial charge on any atom is 0.526 e. The number of para-hydroxylation sites is 2. The number of rotatable bonds is 1. The molecule has 0 aliphatic rings. The van der Waals surface area contributed by atoms with Crippen LogP contribution in [0.3, 0.4) is 0 Å². The highest BCUT2D eigenvalue weighted by Gasteiger charge is 2.15. The first-order valence-corrected chi connectivity index (χ1v) is 3.58. The van der Waals surface area contributed by atoms with Gasteiger partial charge in [0, 0.05) is 0 Å². The average Bonchev–Trinajstić information content (AvgIpc) is 2.46. The fourth-order valence-electron chi connectivity index (χ4n) is 1.09. The molecule has 4 nitrogen and oxygen atoms in total. The second-order valence-corrected chi connectivity index (χ2v) is 2.51. The number of hydrogen-bond donors (Lipinski definition) is 3. The van der Waals surface area contributed by atoms with Gasteiger partial charge in [-0.25, -0.2) is 4.98 Å². The van der Waals surface area contributed by atoms with Crippen LogP contribution >= 0.6 is 0 Å². The molecule has 0 fully saturated rings. The largest absolute Gasteiger partial charge is 0.526 e. The molecule has 3 N–H and O–H groups in total. The van der Waals surface area contributed by atoms with Gasteiger partial charge in [-0.2, -0.15) is 0 Å². The SMILES string of the molecule is OB(O)c1nc2ccccc2[nH]1. The Hall–Kier alpha value is -1.33. The van der Waals surface area contributed by atoms with E-state index in [2.05, 4.69) is 9.97 Å². The van der Waals surface area contributed by atoms with Crippen molar-refractivity contribution in [1.29, 1.82) is 0 Å². The van der Waals surface area contributed by atoms with Crippen molar-refractivity contribution in [2.24, 2.45) is 0 Å². The Bertz CT molecular complexity index is 366.